The molecule has 7 heteroatoms. The Hall–Kier alpha value is -3.35. The fourth-order valence-corrected chi connectivity index (χ4v) is 2.77. The maximum Gasteiger partial charge on any atom is 0.255 e. The zero-order valence-corrected chi connectivity index (χ0v) is 15.6. The van der Waals surface area contributed by atoms with E-state index in [9.17, 15) is 4.79 Å². The SMILES string of the molecule is CCN(Cc1ccc(OC)c(OC)c1)C(=O)c1ccc(-n2ccnc2)nc1. The highest BCUT2D eigenvalue weighted by atomic mass is 16.5. The fourth-order valence-electron chi connectivity index (χ4n) is 2.77. The van der Waals surface area contributed by atoms with Crippen molar-refractivity contribution in [2.75, 3.05) is 20.8 Å². The number of rotatable bonds is 7. The minimum absolute atomic E-state index is 0.0723. The number of ether oxygens (including phenoxy) is 2. The average molecular weight is 366 g/mol. The molecule has 0 bridgehead atoms. The van der Waals surface area contributed by atoms with E-state index >= 15 is 0 Å². The number of carbonyl (C=O) groups excluding carboxylic acids is 1. The van der Waals surface area contributed by atoms with Crippen molar-refractivity contribution < 1.29 is 14.3 Å². The minimum Gasteiger partial charge on any atom is -0.493 e. The Kier molecular flexibility index (Phi) is 5.71. The Bertz CT molecular complexity index is 892. The highest BCUT2D eigenvalue weighted by molar-refractivity contribution is 5.94. The molecule has 1 amide bonds. The predicted molar refractivity (Wildman–Crippen MR) is 101 cm³/mol. The number of methoxy groups -OCH3 is 2. The number of hydrogen-bond acceptors (Lipinski definition) is 5. The third kappa shape index (κ3) is 4.08. The molecule has 0 N–H and O–H groups in total. The van der Waals surface area contributed by atoms with Crippen molar-refractivity contribution >= 4 is 5.91 Å². The van der Waals surface area contributed by atoms with Crippen molar-refractivity contribution in [2.45, 2.75) is 13.5 Å². The highest BCUT2D eigenvalue weighted by Gasteiger charge is 2.16. The Morgan fingerprint density at radius 2 is 1.96 bits per heavy atom. The Morgan fingerprint density at radius 3 is 2.56 bits per heavy atom. The lowest BCUT2D eigenvalue weighted by atomic mass is 10.1. The first-order valence-electron chi connectivity index (χ1n) is 8.60. The van der Waals surface area contributed by atoms with Crippen LogP contribution in [0.5, 0.6) is 11.5 Å². The monoisotopic (exact) mass is 366 g/mol. The van der Waals surface area contributed by atoms with Crippen LogP contribution in [-0.4, -0.2) is 46.1 Å². The summed E-state index contributed by atoms with van der Waals surface area (Å²) in [7, 11) is 3.19. The first-order valence-corrected chi connectivity index (χ1v) is 8.60. The highest BCUT2D eigenvalue weighted by Crippen LogP contribution is 2.28. The van der Waals surface area contributed by atoms with E-state index in [1.165, 1.54) is 0 Å². The van der Waals surface area contributed by atoms with Crippen LogP contribution >= 0.6 is 0 Å². The number of imidazole rings is 1. The molecule has 0 spiro atoms. The molecule has 7 nitrogen and oxygen atoms in total. The molecule has 0 saturated heterocycles. The summed E-state index contributed by atoms with van der Waals surface area (Å²) in [6.45, 7) is 3.00. The zero-order chi connectivity index (χ0) is 19.2. The van der Waals surface area contributed by atoms with Gasteiger partial charge >= 0.3 is 0 Å². The molecule has 0 aliphatic carbocycles. The van der Waals surface area contributed by atoms with Crippen LogP contribution in [0, 0.1) is 0 Å². The third-order valence-electron chi connectivity index (χ3n) is 4.25. The Balaban J connectivity index is 1.76. The molecule has 0 radical (unpaired) electrons. The summed E-state index contributed by atoms with van der Waals surface area (Å²) in [6.07, 6.45) is 6.75. The summed E-state index contributed by atoms with van der Waals surface area (Å²) in [5.41, 5.74) is 1.51. The number of pyridine rings is 1. The molecule has 0 saturated carbocycles. The molecule has 27 heavy (non-hydrogen) atoms. The number of hydrogen-bond donors (Lipinski definition) is 0. The van der Waals surface area contributed by atoms with Gasteiger partial charge in [0.25, 0.3) is 5.91 Å². The van der Waals surface area contributed by atoms with Crippen molar-refractivity contribution in [2.24, 2.45) is 0 Å². The van der Waals surface area contributed by atoms with Crippen LogP contribution in [0.4, 0.5) is 0 Å². The van der Waals surface area contributed by atoms with Gasteiger partial charge in [-0.2, -0.15) is 0 Å². The van der Waals surface area contributed by atoms with E-state index in [1.54, 1.807) is 60.7 Å². The Morgan fingerprint density at radius 1 is 1.15 bits per heavy atom. The molecule has 140 valence electrons. The predicted octanol–water partition coefficient (Wildman–Crippen LogP) is 2.95. The van der Waals surface area contributed by atoms with Crippen LogP contribution in [0.15, 0.2) is 55.2 Å². The normalized spacial score (nSPS) is 10.5. The third-order valence-corrected chi connectivity index (χ3v) is 4.25. The molecule has 0 fully saturated rings. The molecule has 2 heterocycles. The number of amides is 1. The number of benzene rings is 1. The van der Waals surface area contributed by atoms with Crippen LogP contribution in [0.25, 0.3) is 5.82 Å². The van der Waals surface area contributed by atoms with Gasteiger partial charge in [0.1, 0.15) is 12.1 Å². The summed E-state index contributed by atoms with van der Waals surface area (Å²) < 4.78 is 12.4. The standard InChI is InChI=1S/C20H22N4O3/c1-4-23(13-15-5-7-17(26-2)18(11-15)27-3)20(25)16-6-8-19(22-12-16)24-10-9-21-14-24/h5-12,14H,4,13H2,1-3H3. The molecule has 0 aliphatic rings. The van der Waals surface area contributed by atoms with Gasteiger partial charge in [-0.15, -0.1) is 0 Å². The molecule has 1 aromatic carbocycles. The van der Waals surface area contributed by atoms with Crippen molar-refractivity contribution in [3.63, 3.8) is 0 Å². The summed E-state index contributed by atoms with van der Waals surface area (Å²) >= 11 is 0. The smallest absolute Gasteiger partial charge is 0.255 e. The number of nitrogens with zero attached hydrogens (tertiary/aromatic N) is 4. The van der Waals surface area contributed by atoms with Gasteiger partial charge in [0, 0.05) is 31.7 Å². The summed E-state index contributed by atoms with van der Waals surface area (Å²) in [6, 6.07) is 9.24. The molecule has 0 unspecified atom stereocenters. The average Bonchev–Trinajstić information content (AvgIpc) is 3.26. The maximum atomic E-state index is 12.9. The van der Waals surface area contributed by atoms with E-state index in [2.05, 4.69) is 9.97 Å². The quantitative estimate of drug-likeness (QED) is 0.643. The minimum atomic E-state index is -0.0723. The summed E-state index contributed by atoms with van der Waals surface area (Å²) in [5, 5.41) is 0. The number of aromatic nitrogens is 3. The van der Waals surface area contributed by atoms with Gasteiger partial charge < -0.3 is 14.4 Å². The van der Waals surface area contributed by atoms with Crippen molar-refractivity contribution in [1.82, 2.24) is 19.4 Å². The van der Waals surface area contributed by atoms with Crippen molar-refractivity contribution in [3.05, 3.63) is 66.4 Å². The van der Waals surface area contributed by atoms with Gasteiger partial charge in [0.05, 0.1) is 19.8 Å². The van der Waals surface area contributed by atoms with Gasteiger partial charge in [-0.05, 0) is 36.8 Å². The van der Waals surface area contributed by atoms with Gasteiger partial charge in [0.15, 0.2) is 11.5 Å². The van der Waals surface area contributed by atoms with Crippen LogP contribution < -0.4 is 9.47 Å². The molecule has 3 aromatic rings. The van der Waals surface area contributed by atoms with Crippen LogP contribution in [-0.2, 0) is 6.54 Å². The molecule has 0 atom stereocenters. The first kappa shape index (κ1) is 18.4. The fraction of sp³-hybridized carbons (Fsp3) is 0.250. The van der Waals surface area contributed by atoms with Crippen molar-refractivity contribution in [1.29, 1.82) is 0 Å². The summed E-state index contributed by atoms with van der Waals surface area (Å²) in [5.74, 6) is 1.95. The number of carbonyl (C=O) groups is 1. The van der Waals surface area contributed by atoms with Gasteiger partial charge in [0.2, 0.25) is 0 Å². The van der Waals surface area contributed by atoms with E-state index in [-0.39, 0.29) is 5.91 Å². The van der Waals surface area contributed by atoms with Gasteiger partial charge in [-0.25, -0.2) is 9.97 Å². The molecule has 3 rings (SSSR count). The maximum absolute atomic E-state index is 12.9. The van der Waals surface area contributed by atoms with Gasteiger partial charge in [-0.1, -0.05) is 6.07 Å². The molecular formula is C20H22N4O3. The van der Waals surface area contributed by atoms with E-state index < -0.39 is 0 Å². The lowest BCUT2D eigenvalue weighted by molar-refractivity contribution is 0.0752. The topological polar surface area (TPSA) is 69.5 Å². The van der Waals surface area contributed by atoms with E-state index in [0.29, 0.717) is 36.0 Å². The van der Waals surface area contributed by atoms with E-state index in [1.807, 2.05) is 25.1 Å². The second-order valence-corrected chi connectivity index (χ2v) is 5.88. The second-order valence-electron chi connectivity index (χ2n) is 5.88. The second kappa shape index (κ2) is 8.35. The first-order chi connectivity index (χ1) is 13.2. The largest absolute Gasteiger partial charge is 0.493 e. The summed E-state index contributed by atoms with van der Waals surface area (Å²) in [4.78, 5) is 23.0. The molecule has 2 aromatic heterocycles. The lowest BCUT2D eigenvalue weighted by Crippen LogP contribution is -2.30. The van der Waals surface area contributed by atoms with Crippen LogP contribution in [0.3, 0.4) is 0 Å². The zero-order valence-electron chi connectivity index (χ0n) is 15.6. The molecular weight excluding hydrogens is 344 g/mol. The van der Waals surface area contributed by atoms with E-state index in [0.717, 1.165) is 5.56 Å². The molecule has 0 aliphatic heterocycles. The lowest BCUT2D eigenvalue weighted by Gasteiger charge is -2.21. The van der Waals surface area contributed by atoms with Crippen LogP contribution in [0.1, 0.15) is 22.8 Å². The van der Waals surface area contributed by atoms with Crippen LogP contribution in [0.2, 0.25) is 0 Å². The van der Waals surface area contributed by atoms with Gasteiger partial charge in [-0.3, -0.25) is 9.36 Å². The van der Waals surface area contributed by atoms with E-state index in [4.69, 9.17) is 9.47 Å². The van der Waals surface area contributed by atoms with Crippen molar-refractivity contribution in [3.8, 4) is 17.3 Å². The Labute approximate surface area is 158 Å².